The zero-order chi connectivity index (χ0) is 9.68. The molecule has 0 aromatic rings. The minimum Gasteiger partial charge on any atom is -0.388 e. The Kier molecular flexibility index (Phi) is 4.23. The molecule has 1 saturated heterocycles. The highest BCUT2D eigenvalue weighted by molar-refractivity contribution is 5.09. The topological polar surface area (TPSA) is 29.5 Å². The molecule has 1 heterocycles. The second-order valence-electron chi connectivity index (χ2n) is 3.53. The lowest BCUT2D eigenvalue weighted by molar-refractivity contribution is -0.0113. The second-order valence-corrected chi connectivity index (χ2v) is 3.53. The lowest BCUT2D eigenvalue weighted by Gasteiger charge is -2.27. The zero-order valence-electron chi connectivity index (χ0n) is 8.25. The quantitative estimate of drug-likeness (QED) is 0.677. The number of hydrogen-bond donors (Lipinski definition) is 1. The summed E-state index contributed by atoms with van der Waals surface area (Å²) >= 11 is 0. The Balaban J connectivity index is 2.37. The van der Waals surface area contributed by atoms with E-state index in [0.717, 1.165) is 12.0 Å². The van der Waals surface area contributed by atoms with Crippen molar-refractivity contribution in [3.05, 3.63) is 17.9 Å². The monoisotopic (exact) mass is 182 g/mol. The first-order chi connectivity index (χ1) is 6.27. The van der Waals surface area contributed by atoms with Crippen LogP contribution in [0.25, 0.3) is 0 Å². The Bertz CT molecular complexity index is 204. The molecule has 0 aliphatic carbocycles. The van der Waals surface area contributed by atoms with Crippen molar-refractivity contribution in [2.45, 2.75) is 44.8 Å². The molecule has 0 radical (unpaired) electrons. The van der Waals surface area contributed by atoms with Crippen LogP contribution in [0.1, 0.15) is 32.6 Å². The van der Waals surface area contributed by atoms with Crippen molar-refractivity contribution in [2.24, 2.45) is 0 Å². The van der Waals surface area contributed by atoms with Crippen molar-refractivity contribution in [1.82, 2.24) is 0 Å². The van der Waals surface area contributed by atoms with E-state index < -0.39 is 0 Å². The number of ether oxygens (including phenoxy) is 1. The van der Waals surface area contributed by atoms with E-state index in [4.69, 9.17) is 4.74 Å². The number of hydrogen-bond acceptors (Lipinski definition) is 2. The SMILES string of the molecule is C=C=C1CO[C@H](CCCC)C[C@H]1O. The van der Waals surface area contributed by atoms with Crippen LogP contribution in [0, 0.1) is 0 Å². The van der Waals surface area contributed by atoms with Crippen LogP contribution in [-0.4, -0.2) is 23.9 Å². The summed E-state index contributed by atoms with van der Waals surface area (Å²) in [5.74, 6) is 0. The fourth-order valence-electron chi connectivity index (χ4n) is 1.56. The second kappa shape index (κ2) is 5.23. The molecule has 0 spiro atoms. The van der Waals surface area contributed by atoms with E-state index in [0.29, 0.717) is 13.0 Å². The summed E-state index contributed by atoms with van der Waals surface area (Å²) < 4.78 is 5.55. The van der Waals surface area contributed by atoms with Gasteiger partial charge in [0.25, 0.3) is 0 Å². The van der Waals surface area contributed by atoms with Gasteiger partial charge in [-0.2, -0.15) is 0 Å². The van der Waals surface area contributed by atoms with Crippen molar-refractivity contribution in [2.75, 3.05) is 6.61 Å². The Morgan fingerprint density at radius 3 is 3.00 bits per heavy atom. The highest BCUT2D eigenvalue weighted by Gasteiger charge is 2.23. The van der Waals surface area contributed by atoms with E-state index in [1.165, 1.54) is 12.8 Å². The smallest absolute Gasteiger partial charge is 0.0871 e. The molecule has 0 bridgehead atoms. The van der Waals surface area contributed by atoms with Gasteiger partial charge in [0.15, 0.2) is 0 Å². The third-order valence-electron chi connectivity index (χ3n) is 2.47. The van der Waals surface area contributed by atoms with E-state index >= 15 is 0 Å². The first-order valence-electron chi connectivity index (χ1n) is 4.96. The predicted octanol–water partition coefficient (Wildman–Crippen LogP) is 2.04. The molecule has 74 valence electrons. The third kappa shape index (κ3) is 3.00. The van der Waals surface area contributed by atoms with Gasteiger partial charge in [-0.15, -0.1) is 5.73 Å². The normalized spacial score (nSPS) is 28.6. The summed E-state index contributed by atoms with van der Waals surface area (Å²) in [5.41, 5.74) is 3.52. The summed E-state index contributed by atoms with van der Waals surface area (Å²) in [6.45, 7) is 6.18. The van der Waals surface area contributed by atoms with E-state index in [-0.39, 0.29) is 12.2 Å². The van der Waals surface area contributed by atoms with Gasteiger partial charge in [-0.05, 0) is 6.42 Å². The lowest BCUT2D eigenvalue weighted by Crippen LogP contribution is -2.30. The standard InChI is InChI=1S/C11H18O2/c1-3-5-6-10-7-11(12)9(4-2)8-13-10/h10-12H,2-3,5-8H2,1H3/t10-,11-/m1/s1. The van der Waals surface area contributed by atoms with Crippen LogP contribution in [0.2, 0.25) is 0 Å². The molecule has 1 aliphatic rings. The molecule has 13 heavy (non-hydrogen) atoms. The highest BCUT2D eigenvalue weighted by atomic mass is 16.5. The van der Waals surface area contributed by atoms with Crippen LogP contribution < -0.4 is 0 Å². The third-order valence-corrected chi connectivity index (χ3v) is 2.47. The summed E-state index contributed by atoms with van der Waals surface area (Å²) in [4.78, 5) is 0. The summed E-state index contributed by atoms with van der Waals surface area (Å²) in [6, 6.07) is 0. The molecule has 0 unspecified atom stereocenters. The molecular weight excluding hydrogens is 164 g/mol. The largest absolute Gasteiger partial charge is 0.388 e. The molecule has 2 heteroatoms. The molecule has 0 amide bonds. The average molecular weight is 182 g/mol. The average Bonchev–Trinajstić information content (AvgIpc) is 2.15. The molecule has 0 aromatic carbocycles. The maximum atomic E-state index is 9.62. The Morgan fingerprint density at radius 2 is 2.46 bits per heavy atom. The van der Waals surface area contributed by atoms with Gasteiger partial charge in [-0.1, -0.05) is 26.3 Å². The van der Waals surface area contributed by atoms with Gasteiger partial charge >= 0.3 is 0 Å². The van der Waals surface area contributed by atoms with Gasteiger partial charge in [-0.25, -0.2) is 0 Å². The molecule has 0 aromatic heterocycles. The maximum Gasteiger partial charge on any atom is 0.0871 e. The minimum absolute atomic E-state index is 0.229. The molecular formula is C11H18O2. The van der Waals surface area contributed by atoms with Gasteiger partial charge in [0, 0.05) is 12.0 Å². The number of aliphatic hydroxyl groups is 1. The molecule has 1 aliphatic heterocycles. The van der Waals surface area contributed by atoms with E-state index in [2.05, 4.69) is 19.2 Å². The summed E-state index contributed by atoms with van der Waals surface area (Å²) in [6.07, 6.45) is 3.96. The molecule has 1 fully saturated rings. The number of unbranched alkanes of at least 4 members (excludes halogenated alkanes) is 1. The van der Waals surface area contributed by atoms with Crippen LogP contribution >= 0.6 is 0 Å². The van der Waals surface area contributed by atoms with Gasteiger partial charge in [-0.3, -0.25) is 0 Å². The number of rotatable bonds is 3. The Morgan fingerprint density at radius 1 is 1.69 bits per heavy atom. The maximum absolute atomic E-state index is 9.62. The lowest BCUT2D eigenvalue weighted by atomic mass is 9.98. The van der Waals surface area contributed by atoms with Crippen LogP contribution in [-0.2, 0) is 4.74 Å². The van der Waals surface area contributed by atoms with Gasteiger partial charge in [0.1, 0.15) is 0 Å². The first kappa shape index (κ1) is 10.5. The first-order valence-corrected chi connectivity index (χ1v) is 4.96. The summed E-state index contributed by atoms with van der Waals surface area (Å²) in [7, 11) is 0. The van der Waals surface area contributed by atoms with Gasteiger partial charge in [0.05, 0.1) is 18.8 Å². The van der Waals surface area contributed by atoms with Crippen molar-refractivity contribution in [3.63, 3.8) is 0 Å². The molecule has 1 rings (SSSR count). The number of aliphatic hydroxyl groups excluding tert-OH is 1. The fraction of sp³-hybridized carbons (Fsp3) is 0.727. The summed E-state index contributed by atoms with van der Waals surface area (Å²) in [5, 5.41) is 9.62. The minimum atomic E-state index is -0.381. The van der Waals surface area contributed by atoms with Gasteiger partial charge in [0.2, 0.25) is 0 Å². The zero-order valence-corrected chi connectivity index (χ0v) is 8.25. The van der Waals surface area contributed by atoms with Crippen LogP contribution in [0.5, 0.6) is 0 Å². The van der Waals surface area contributed by atoms with Crippen molar-refractivity contribution >= 4 is 0 Å². The highest BCUT2D eigenvalue weighted by Crippen LogP contribution is 2.21. The van der Waals surface area contributed by atoms with E-state index in [9.17, 15) is 5.11 Å². The van der Waals surface area contributed by atoms with E-state index in [1.807, 2.05) is 0 Å². The molecule has 0 saturated carbocycles. The molecule has 1 N–H and O–H groups in total. The van der Waals surface area contributed by atoms with E-state index in [1.54, 1.807) is 0 Å². The predicted molar refractivity (Wildman–Crippen MR) is 52.5 cm³/mol. The van der Waals surface area contributed by atoms with Crippen LogP contribution in [0.15, 0.2) is 17.9 Å². The van der Waals surface area contributed by atoms with Crippen molar-refractivity contribution < 1.29 is 9.84 Å². The Hall–Kier alpha value is -0.560. The molecule has 2 atom stereocenters. The van der Waals surface area contributed by atoms with Crippen LogP contribution in [0.4, 0.5) is 0 Å². The Labute approximate surface area is 79.9 Å². The molecule has 2 nitrogen and oxygen atoms in total. The van der Waals surface area contributed by atoms with Crippen molar-refractivity contribution in [3.8, 4) is 0 Å². The van der Waals surface area contributed by atoms with Crippen molar-refractivity contribution in [1.29, 1.82) is 0 Å². The van der Waals surface area contributed by atoms with Gasteiger partial charge < -0.3 is 9.84 Å². The fourth-order valence-corrected chi connectivity index (χ4v) is 1.56. The van der Waals surface area contributed by atoms with Crippen LogP contribution in [0.3, 0.4) is 0 Å².